The van der Waals surface area contributed by atoms with E-state index in [4.69, 9.17) is 4.42 Å². The predicted molar refractivity (Wildman–Crippen MR) is 54.3 cm³/mol. The van der Waals surface area contributed by atoms with Crippen LogP contribution in [0.25, 0.3) is 0 Å². The second-order valence-electron chi connectivity index (χ2n) is 4.73. The summed E-state index contributed by atoms with van der Waals surface area (Å²) in [5, 5.41) is 0. The average molecular weight is 192 g/mol. The molecule has 0 saturated heterocycles. The largest absolute Gasteiger partial charge is 0.458 e. The van der Waals surface area contributed by atoms with Crippen molar-refractivity contribution in [3.05, 3.63) is 23.7 Å². The summed E-state index contributed by atoms with van der Waals surface area (Å²) in [6.45, 7) is 6.27. The normalized spacial score (nSPS) is 23.5. The maximum absolute atomic E-state index is 11.9. The number of furan rings is 1. The topological polar surface area (TPSA) is 30.2 Å². The van der Waals surface area contributed by atoms with E-state index in [0.29, 0.717) is 5.76 Å². The first-order chi connectivity index (χ1) is 6.54. The molecular weight excluding hydrogens is 176 g/mol. The summed E-state index contributed by atoms with van der Waals surface area (Å²) in [4.78, 5) is 11.9. The Bertz CT molecular complexity index is 360. The lowest BCUT2D eigenvalue weighted by molar-refractivity contribution is 0.0924. The highest BCUT2D eigenvalue weighted by Crippen LogP contribution is 2.53. The van der Waals surface area contributed by atoms with Gasteiger partial charge in [-0.05, 0) is 24.0 Å². The van der Waals surface area contributed by atoms with Crippen LogP contribution >= 0.6 is 0 Å². The van der Waals surface area contributed by atoms with Crippen molar-refractivity contribution in [2.24, 2.45) is 11.3 Å². The first kappa shape index (κ1) is 9.50. The average Bonchev–Trinajstić information content (AvgIpc) is 2.64. The maximum Gasteiger partial charge on any atom is 0.201 e. The third-order valence-corrected chi connectivity index (χ3v) is 3.08. The van der Waals surface area contributed by atoms with E-state index in [2.05, 4.69) is 13.8 Å². The van der Waals surface area contributed by atoms with Gasteiger partial charge in [-0.2, -0.15) is 0 Å². The van der Waals surface area contributed by atoms with Gasteiger partial charge in [-0.3, -0.25) is 4.79 Å². The van der Waals surface area contributed by atoms with Crippen LogP contribution in [0, 0.1) is 11.3 Å². The number of carbonyl (C=O) groups excluding carboxylic acids is 1. The molecule has 2 nitrogen and oxygen atoms in total. The van der Waals surface area contributed by atoms with Crippen LogP contribution in [0.1, 0.15) is 43.5 Å². The van der Waals surface area contributed by atoms with Gasteiger partial charge in [0.2, 0.25) is 5.78 Å². The van der Waals surface area contributed by atoms with E-state index in [9.17, 15) is 4.79 Å². The Morgan fingerprint density at radius 3 is 2.64 bits per heavy atom. The molecule has 1 aromatic rings. The summed E-state index contributed by atoms with van der Waals surface area (Å²) >= 11 is 0. The molecule has 1 atom stereocenters. The fourth-order valence-corrected chi connectivity index (χ4v) is 1.79. The molecule has 0 amide bonds. The van der Waals surface area contributed by atoms with Gasteiger partial charge in [-0.15, -0.1) is 0 Å². The lowest BCUT2D eigenvalue weighted by atomic mass is 10.1. The number of ketones is 1. The maximum atomic E-state index is 11.9. The summed E-state index contributed by atoms with van der Waals surface area (Å²) in [5.74, 6) is 1.79. The number of hydrogen-bond donors (Lipinski definition) is 0. The second kappa shape index (κ2) is 2.97. The van der Waals surface area contributed by atoms with Crippen molar-refractivity contribution in [3.63, 3.8) is 0 Å². The minimum Gasteiger partial charge on any atom is -0.458 e. The highest BCUT2D eigenvalue weighted by Gasteiger charge is 2.51. The predicted octanol–water partition coefficient (Wildman–Crippen LogP) is 3.07. The van der Waals surface area contributed by atoms with Crippen LogP contribution in [0.2, 0.25) is 0 Å². The lowest BCUT2D eigenvalue weighted by Gasteiger charge is -1.99. The van der Waals surface area contributed by atoms with Crippen molar-refractivity contribution in [3.8, 4) is 0 Å². The number of carbonyl (C=O) groups is 1. The van der Waals surface area contributed by atoms with Gasteiger partial charge < -0.3 is 4.42 Å². The minimum atomic E-state index is 0.176. The van der Waals surface area contributed by atoms with Crippen LogP contribution in [0.5, 0.6) is 0 Å². The highest BCUT2D eigenvalue weighted by molar-refractivity contribution is 5.97. The molecule has 2 heteroatoms. The first-order valence-corrected chi connectivity index (χ1v) is 5.17. The molecular formula is C12H16O2. The molecule has 1 aliphatic rings. The summed E-state index contributed by atoms with van der Waals surface area (Å²) in [6, 6.07) is 3.69. The molecule has 76 valence electrons. The second-order valence-corrected chi connectivity index (χ2v) is 4.73. The Balaban J connectivity index is 2.13. The van der Waals surface area contributed by atoms with Crippen molar-refractivity contribution in [1.82, 2.24) is 0 Å². The van der Waals surface area contributed by atoms with Gasteiger partial charge in [0, 0.05) is 12.3 Å². The van der Waals surface area contributed by atoms with E-state index in [0.717, 1.165) is 18.6 Å². The van der Waals surface area contributed by atoms with Crippen LogP contribution in [0.3, 0.4) is 0 Å². The van der Waals surface area contributed by atoms with E-state index >= 15 is 0 Å². The molecule has 14 heavy (non-hydrogen) atoms. The lowest BCUT2D eigenvalue weighted by Crippen LogP contribution is -2.05. The molecule has 1 aliphatic carbocycles. The Kier molecular flexibility index (Phi) is 2.02. The van der Waals surface area contributed by atoms with Crippen molar-refractivity contribution in [2.45, 2.75) is 33.6 Å². The third-order valence-electron chi connectivity index (χ3n) is 3.08. The smallest absolute Gasteiger partial charge is 0.201 e. The van der Waals surface area contributed by atoms with E-state index in [1.165, 1.54) is 0 Å². The Labute approximate surface area is 84.3 Å². The quantitative estimate of drug-likeness (QED) is 0.689. The van der Waals surface area contributed by atoms with Crippen molar-refractivity contribution < 1.29 is 9.21 Å². The Hall–Kier alpha value is -1.05. The molecule has 1 heterocycles. The molecule has 0 aliphatic heterocycles. The van der Waals surface area contributed by atoms with E-state index in [1.807, 2.05) is 13.0 Å². The first-order valence-electron chi connectivity index (χ1n) is 5.17. The summed E-state index contributed by atoms with van der Waals surface area (Å²) in [7, 11) is 0. The van der Waals surface area contributed by atoms with Crippen molar-refractivity contribution in [2.75, 3.05) is 0 Å². The van der Waals surface area contributed by atoms with Crippen LogP contribution in [0.15, 0.2) is 16.5 Å². The van der Waals surface area contributed by atoms with E-state index in [1.54, 1.807) is 6.07 Å². The summed E-state index contributed by atoms with van der Waals surface area (Å²) < 4.78 is 5.44. The number of hydrogen-bond acceptors (Lipinski definition) is 2. The number of aryl methyl sites for hydroxylation is 1. The zero-order chi connectivity index (χ0) is 10.3. The van der Waals surface area contributed by atoms with Crippen molar-refractivity contribution >= 4 is 5.78 Å². The Morgan fingerprint density at radius 1 is 1.57 bits per heavy atom. The van der Waals surface area contributed by atoms with Crippen LogP contribution in [-0.2, 0) is 6.42 Å². The fourth-order valence-electron chi connectivity index (χ4n) is 1.79. The van der Waals surface area contributed by atoms with Gasteiger partial charge in [-0.25, -0.2) is 0 Å². The standard InChI is InChI=1S/C12H16O2/c1-4-8-5-6-10(14-8)11(13)9-7-12(9,2)3/h5-6,9H,4,7H2,1-3H3. The molecule has 1 aromatic heterocycles. The van der Waals surface area contributed by atoms with Gasteiger partial charge in [0.15, 0.2) is 5.76 Å². The molecule has 2 rings (SSSR count). The summed E-state index contributed by atoms with van der Waals surface area (Å²) in [6.07, 6.45) is 1.84. The molecule has 1 fully saturated rings. The molecule has 0 spiro atoms. The number of rotatable bonds is 3. The zero-order valence-electron chi connectivity index (χ0n) is 8.96. The van der Waals surface area contributed by atoms with Crippen LogP contribution in [0.4, 0.5) is 0 Å². The highest BCUT2D eigenvalue weighted by atomic mass is 16.3. The Morgan fingerprint density at radius 2 is 2.21 bits per heavy atom. The van der Waals surface area contributed by atoms with Crippen LogP contribution in [-0.4, -0.2) is 5.78 Å². The van der Waals surface area contributed by atoms with E-state index < -0.39 is 0 Å². The van der Waals surface area contributed by atoms with Gasteiger partial charge >= 0.3 is 0 Å². The molecule has 0 N–H and O–H groups in total. The van der Waals surface area contributed by atoms with E-state index in [-0.39, 0.29) is 17.1 Å². The van der Waals surface area contributed by atoms with Gasteiger partial charge in [0.05, 0.1) is 0 Å². The molecule has 1 unspecified atom stereocenters. The molecule has 0 radical (unpaired) electrons. The SMILES string of the molecule is CCc1ccc(C(=O)C2CC2(C)C)o1. The monoisotopic (exact) mass is 192 g/mol. The molecule has 0 bridgehead atoms. The number of Topliss-reactive ketones (excluding diaryl/α,β-unsaturated/α-hetero) is 1. The molecule has 0 aromatic carbocycles. The molecule has 1 saturated carbocycles. The van der Waals surface area contributed by atoms with Gasteiger partial charge in [-0.1, -0.05) is 20.8 Å². The summed E-state index contributed by atoms with van der Waals surface area (Å²) in [5.41, 5.74) is 0.191. The van der Waals surface area contributed by atoms with Crippen LogP contribution < -0.4 is 0 Å². The van der Waals surface area contributed by atoms with Gasteiger partial charge in [0.25, 0.3) is 0 Å². The van der Waals surface area contributed by atoms with Gasteiger partial charge in [0.1, 0.15) is 5.76 Å². The van der Waals surface area contributed by atoms with Crippen molar-refractivity contribution in [1.29, 1.82) is 0 Å². The minimum absolute atomic E-state index is 0.176. The third kappa shape index (κ3) is 1.49. The zero-order valence-corrected chi connectivity index (χ0v) is 8.96. The fraction of sp³-hybridized carbons (Fsp3) is 0.583.